The van der Waals surface area contributed by atoms with Gasteiger partial charge in [0.2, 0.25) is 10.0 Å². The van der Waals surface area contributed by atoms with Crippen LogP contribution in [0.2, 0.25) is 0 Å². The van der Waals surface area contributed by atoms with E-state index in [1.807, 2.05) is 40.7 Å². The lowest BCUT2D eigenvalue weighted by molar-refractivity contribution is 0.388. The zero-order valence-electron chi connectivity index (χ0n) is 13.3. The molecular formula is C15H26N2O2S. The molecule has 4 nitrogen and oxygen atoms in total. The largest absolute Gasteiger partial charge is 0.398 e. The molecule has 0 aliphatic rings. The van der Waals surface area contributed by atoms with E-state index in [1.54, 1.807) is 6.92 Å². The third kappa shape index (κ3) is 3.15. The van der Waals surface area contributed by atoms with Gasteiger partial charge in [-0.1, -0.05) is 19.9 Å². The highest BCUT2D eigenvalue weighted by atomic mass is 32.2. The highest BCUT2D eigenvalue weighted by Crippen LogP contribution is 2.29. The summed E-state index contributed by atoms with van der Waals surface area (Å²) < 4.78 is 28.2. The Morgan fingerprint density at radius 1 is 1.15 bits per heavy atom. The summed E-state index contributed by atoms with van der Waals surface area (Å²) in [6, 6.07) is 1.83. The summed E-state index contributed by atoms with van der Waals surface area (Å²) in [6.45, 7) is 11.3. The van der Waals surface area contributed by atoms with Crippen molar-refractivity contribution in [2.45, 2.75) is 64.8 Å². The smallest absolute Gasteiger partial charge is 0.241 e. The Hall–Kier alpha value is -1.07. The first kappa shape index (κ1) is 17.0. The van der Waals surface area contributed by atoms with Gasteiger partial charge in [-0.05, 0) is 57.2 Å². The van der Waals surface area contributed by atoms with Gasteiger partial charge in [-0.3, -0.25) is 0 Å². The van der Waals surface area contributed by atoms with Crippen molar-refractivity contribution in [2.24, 2.45) is 0 Å². The minimum atomic E-state index is -3.57. The van der Waals surface area contributed by atoms with Crippen molar-refractivity contribution in [3.63, 3.8) is 0 Å². The number of rotatable bonds is 5. The third-order valence-electron chi connectivity index (χ3n) is 4.17. The Morgan fingerprint density at radius 3 is 2.10 bits per heavy atom. The molecule has 1 rings (SSSR count). The van der Waals surface area contributed by atoms with E-state index >= 15 is 0 Å². The van der Waals surface area contributed by atoms with Gasteiger partial charge >= 0.3 is 0 Å². The van der Waals surface area contributed by atoms with Crippen molar-refractivity contribution in [3.05, 3.63) is 22.8 Å². The quantitative estimate of drug-likeness (QED) is 0.821. The molecule has 20 heavy (non-hydrogen) atoms. The maximum absolute atomic E-state index is 12.7. The number of hydrogen-bond acceptors (Lipinski definition) is 3. The van der Waals surface area contributed by atoms with E-state index in [9.17, 15) is 8.42 Å². The average molecular weight is 298 g/mol. The van der Waals surface area contributed by atoms with Crippen LogP contribution in [0, 0.1) is 20.8 Å². The molecule has 0 heterocycles. The summed E-state index contributed by atoms with van der Waals surface area (Å²) in [5, 5.41) is 0. The molecule has 0 aliphatic heterocycles. The minimum Gasteiger partial charge on any atom is -0.398 e. The molecule has 0 bridgehead atoms. The van der Waals surface area contributed by atoms with Crippen molar-refractivity contribution in [1.29, 1.82) is 0 Å². The standard InChI is InChI=1S/C15H26N2O2S/c1-7-15(6,8-2)17-20(18,19)14-11(4)9-10(3)13(16)12(14)5/h9,17H,7-8,16H2,1-6H3. The van der Waals surface area contributed by atoms with Crippen molar-refractivity contribution in [2.75, 3.05) is 5.73 Å². The van der Waals surface area contributed by atoms with E-state index in [4.69, 9.17) is 5.73 Å². The predicted octanol–water partition coefficient (Wildman–Crippen LogP) is 3.05. The minimum absolute atomic E-state index is 0.314. The Balaban J connectivity index is 3.41. The first-order valence-electron chi connectivity index (χ1n) is 6.98. The van der Waals surface area contributed by atoms with Gasteiger partial charge in [-0.25, -0.2) is 13.1 Å². The molecule has 0 spiro atoms. The molecule has 1 aromatic rings. The molecule has 0 amide bonds. The molecule has 0 aliphatic carbocycles. The maximum Gasteiger partial charge on any atom is 0.241 e. The number of nitrogens with two attached hydrogens (primary N) is 1. The van der Waals surface area contributed by atoms with Crippen molar-refractivity contribution >= 4 is 15.7 Å². The summed E-state index contributed by atoms with van der Waals surface area (Å²) >= 11 is 0. The number of sulfonamides is 1. The highest BCUT2D eigenvalue weighted by molar-refractivity contribution is 7.89. The van der Waals surface area contributed by atoms with Gasteiger partial charge in [0.25, 0.3) is 0 Å². The van der Waals surface area contributed by atoms with E-state index in [1.165, 1.54) is 0 Å². The second-order valence-electron chi connectivity index (χ2n) is 5.75. The van der Waals surface area contributed by atoms with Crippen LogP contribution in [0.3, 0.4) is 0 Å². The number of aryl methyl sites for hydroxylation is 2. The van der Waals surface area contributed by atoms with E-state index < -0.39 is 15.6 Å². The number of benzene rings is 1. The molecule has 0 unspecified atom stereocenters. The molecular weight excluding hydrogens is 272 g/mol. The fourth-order valence-corrected chi connectivity index (χ4v) is 4.40. The lowest BCUT2D eigenvalue weighted by atomic mass is 9.98. The third-order valence-corrected chi connectivity index (χ3v) is 6.10. The van der Waals surface area contributed by atoms with Gasteiger partial charge < -0.3 is 5.73 Å². The van der Waals surface area contributed by atoms with E-state index in [0.717, 1.165) is 24.0 Å². The van der Waals surface area contributed by atoms with Crippen LogP contribution in [0.15, 0.2) is 11.0 Å². The molecule has 1 aromatic carbocycles. The maximum atomic E-state index is 12.7. The zero-order valence-corrected chi connectivity index (χ0v) is 14.1. The average Bonchev–Trinajstić information content (AvgIpc) is 2.35. The summed E-state index contributed by atoms with van der Waals surface area (Å²) in [5.41, 5.74) is 8.37. The molecule has 0 aromatic heterocycles. The van der Waals surface area contributed by atoms with Crippen LogP contribution in [0.25, 0.3) is 0 Å². The van der Waals surface area contributed by atoms with Gasteiger partial charge in [0, 0.05) is 11.2 Å². The molecule has 0 saturated carbocycles. The van der Waals surface area contributed by atoms with Crippen molar-refractivity contribution in [1.82, 2.24) is 4.72 Å². The second-order valence-corrected chi connectivity index (χ2v) is 7.37. The van der Waals surface area contributed by atoms with E-state index in [-0.39, 0.29) is 0 Å². The number of nitrogens with one attached hydrogen (secondary N) is 1. The SMILES string of the molecule is CCC(C)(CC)NS(=O)(=O)c1c(C)cc(C)c(N)c1C. The zero-order chi connectivity index (χ0) is 15.7. The summed E-state index contributed by atoms with van der Waals surface area (Å²) in [6.07, 6.45) is 1.48. The Morgan fingerprint density at radius 2 is 1.65 bits per heavy atom. The molecule has 5 heteroatoms. The van der Waals surface area contributed by atoms with Crippen molar-refractivity contribution in [3.8, 4) is 0 Å². The fourth-order valence-electron chi connectivity index (χ4n) is 2.37. The number of anilines is 1. The van der Waals surface area contributed by atoms with Crippen LogP contribution in [0.5, 0.6) is 0 Å². The predicted molar refractivity (Wildman–Crippen MR) is 84.4 cm³/mol. The molecule has 0 saturated heterocycles. The number of nitrogen functional groups attached to an aromatic ring is 1. The van der Waals surface area contributed by atoms with Crippen LogP contribution in [0.4, 0.5) is 5.69 Å². The molecule has 3 N–H and O–H groups in total. The molecule has 0 radical (unpaired) electrons. The van der Waals surface area contributed by atoms with Gasteiger partial charge in [-0.15, -0.1) is 0 Å². The second kappa shape index (κ2) is 5.74. The summed E-state index contributed by atoms with van der Waals surface area (Å²) in [4.78, 5) is 0.314. The fraction of sp³-hybridized carbons (Fsp3) is 0.600. The lowest BCUT2D eigenvalue weighted by Crippen LogP contribution is -2.45. The van der Waals surface area contributed by atoms with E-state index in [0.29, 0.717) is 16.1 Å². The number of hydrogen-bond donors (Lipinski definition) is 2. The summed E-state index contributed by atoms with van der Waals surface area (Å²) in [7, 11) is -3.57. The first-order chi connectivity index (χ1) is 9.08. The molecule has 0 fully saturated rings. The summed E-state index contributed by atoms with van der Waals surface area (Å²) in [5.74, 6) is 0. The lowest BCUT2D eigenvalue weighted by Gasteiger charge is -2.29. The van der Waals surface area contributed by atoms with Crippen LogP contribution < -0.4 is 10.5 Å². The van der Waals surface area contributed by atoms with Crippen LogP contribution >= 0.6 is 0 Å². The van der Waals surface area contributed by atoms with Crippen molar-refractivity contribution < 1.29 is 8.42 Å². The molecule has 0 atom stereocenters. The van der Waals surface area contributed by atoms with Gasteiger partial charge in [-0.2, -0.15) is 0 Å². The van der Waals surface area contributed by atoms with Gasteiger partial charge in [0.15, 0.2) is 0 Å². The van der Waals surface area contributed by atoms with Crippen LogP contribution in [-0.2, 0) is 10.0 Å². The Bertz CT molecular complexity index is 603. The van der Waals surface area contributed by atoms with E-state index in [2.05, 4.69) is 4.72 Å². The monoisotopic (exact) mass is 298 g/mol. The van der Waals surface area contributed by atoms with Gasteiger partial charge in [0.1, 0.15) is 0 Å². The van der Waals surface area contributed by atoms with Crippen LogP contribution in [0.1, 0.15) is 50.3 Å². The normalized spacial score (nSPS) is 12.7. The topological polar surface area (TPSA) is 72.2 Å². The Labute approximate surface area is 122 Å². The molecule has 114 valence electrons. The highest BCUT2D eigenvalue weighted by Gasteiger charge is 2.30. The van der Waals surface area contributed by atoms with Gasteiger partial charge in [0.05, 0.1) is 4.90 Å². The first-order valence-corrected chi connectivity index (χ1v) is 8.46. The Kier molecular flexibility index (Phi) is 4.87. The van der Waals surface area contributed by atoms with Crippen LogP contribution in [-0.4, -0.2) is 14.0 Å².